The van der Waals surface area contributed by atoms with E-state index in [1.807, 2.05) is 49.4 Å². The van der Waals surface area contributed by atoms with Crippen molar-refractivity contribution in [3.8, 4) is 11.5 Å². The number of aryl methyl sites for hydroxylation is 1. The van der Waals surface area contributed by atoms with E-state index in [9.17, 15) is 9.59 Å². The van der Waals surface area contributed by atoms with Gasteiger partial charge < -0.3 is 19.7 Å². The first-order chi connectivity index (χ1) is 15.9. The van der Waals surface area contributed by atoms with E-state index in [0.717, 1.165) is 42.4 Å². The Labute approximate surface area is 200 Å². The zero-order chi connectivity index (χ0) is 23.4. The van der Waals surface area contributed by atoms with Crippen molar-refractivity contribution >= 4 is 23.4 Å². The third kappa shape index (κ3) is 5.61. The Hall–Kier alpha value is -2.73. The number of hydrogen-bond acceptors (Lipinski definition) is 4. The summed E-state index contributed by atoms with van der Waals surface area (Å²) in [5.74, 6) is 1.32. The van der Waals surface area contributed by atoms with Gasteiger partial charge in [0.15, 0.2) is 11.5 Å². The lowest BCUT2D eigenvalue weighted by molar-refractivity contribution is -0.140. The van der Waals surface area contributed by atoms with Gasteiger partial charge in [-0.15, -0.1) is 11.6 Å². The van der Waals surface area contributed by atoms with Crippen LogP contribution in [0.4, 0.5) is 0 Å². The SMILES string of the molecule is Cc1ccc(C(C(=O)NC2CCC(C)CC2)N(Cc2ccc3c(c2)OCO3)C(=O)CCl)cc1. The molecule has 0 saturated heterocycles. The number of rotatable bonds is 7. The first kappa shape index (κ1) is 23.4. The minimum atomic E-state index is -0.776. The van der Waals surface area contributed by atoms with Gasteiger partial charge >= 0.3 is 0 Å². The van der Waals surface area contributed by atoms with Crippen LogP contribution in [0, 0.1) is 12.8 Å². The summed E-state index contributed by atoms with van der Waals surface area (Å²) >= 11 is 6.01. The summed E-state index contributed by atoms with van der Waals surface area (Å²) in [6, 6.07) is 12.7. The second-order valence-electron chi connectivity index (χ2n) is 9.12. The van der Waals surface area contributed by atoms with Crippen molar-refractivity contribution in [2.75, 3.05) is 12.7 Å². The van der Waals surface area contributed by atoms with Gasteiger partial charge in [-0.1, -0.05) is 42.8 Å². The highest BCUT2D eigenvalue weighted by molar-refractivity contribution is 6.27. The average molecular weight is 471 g/mol. The first-order valence-corrected chi connectivity index (χ1v) is 12.1. The van der Waals surface area contributed by atoms with Gasteiger partial charge in [0.1, 0.15) is 11.9 Å². The minimum absolute atomic E-state index is 0.125. The molecule has 1 aliphatic carbocycles. The van der Waals surface area contributed by atoms with Gasteiger partial charge in [-0.2, -0.15) is 0 Å². The van der Waals surface area contributed by atoms with Crippen molar-refractivity contribution < 1.29 is 19.1 Å². The van der Waals surface area contributed by atoms with E-state index < -0.39 is 6.04 Å². The maximum Gasteiger partial charge on any atom is 0.247 e. The summed E-state index contributed by atoms with van der Waals surface area (Å²) < 4.78 is 10.9. The topological polar surface area (TPSA) is 67.9 Å². The highest BCUT2D eigenvalue weighted by Crippen LogP contribution is 2.34. The molecule has 1 unspecified atom stereocenters. The number of benzene rings is 2. The molecule has 1 N–H and O–H groups in total. The summed E-state index contributed by atoms with van der Waals surface area (Å²) in [6.45, 7) is 4.66. The van der Waals surface area contributed by atoms with E-state index in [2.05, 4.69) is 12.2 Å². The minimum Gasteiger partial charge on any atom is -0.454 e. The predicted octanol–water partition coefficient (Wildman–Crippen LogP) is 4.73. The van der Waals surface area contributed by atoms with Gasteiger partial charge in [-0.05, 0) is 61.8 Å². The zero-order valence-corrected chi connectivity index (χ0v) is 19.9. The molecule has 176 valence electrons. The summed E-state index contributed by atoms with van der Waals surface area (Å²) in [4.78, 5) is 28.2. The van der Waals surface area contributed by atoms with Crippen LogP contribution in [0.2, 0.25) is 0 Å². The largest absolute Gasteiger partial charge is 0.454 e. The standard InChI is InChI=1S/C26H31ClN2O4/c1-17-3-8-20(9-4-17)25(26(31)28-21-10-5-18(2)6-11-21)29(24(30)14-27)15-19-7-12-22-23(13-19)33-16-32-22/h3-4,7-9,12-13,18,21,25H,5-6,10-11,14-16H2,1-2H3,(H,28,31). The lowest BCUT2D eigenvalue weighted by Crippen LogP contribution is -2.47. The number of hydrogen-bond donors (Lipinski definition) is 1. The number of fused-ring (bicyclic) bond motifs is 1. The van der Waals surface area contributed by atoms with Crippen LogP contribution in [0.5, 0.6) is 11.5 Å². The third-order valence-corrected chi connectivity index (χ3v) is 6.77. The van der Waals surface area contributed by atoms with Crippen LogP contribution in [-0.4, -0.2) is 35.4 Å². The number of carbonyl (C=O) groups is 2. The second kappa shape index (κ2) is 10.5. The Bertz CT molecular complexity index is 986. The number of nitrogens with one attached hydrogen (secondary N) is 1. The van der Waals surface area contributed by atoms with Crippen LogP contribution >= 0.6 is 11.6 Å². The monoisotopic (exact) mass is 470 g/mol. The molecule has 4 rings (SSSR count). The fraction of sp³-hybridized carbons (Fsp3) is 0.462. The molecule has 33 heavy (non-hydrogen) atoms. The van der Waals surface area contributed by atoms with Crippen LogP contribution in [0.25, 0.3) is 0 Å². The maximum absolute atomic E-state index is 13.6. The lowest BCUT2D eigenvalue weighted by atomic mass is 9.87. The molecule has 2 amide bonds. The molecule has 0 aromatic heterocycles. The molecule has 0 spiro atoms. The predicted molar refractivity (Wildman–Crippen MR) is 127 cm³/mol. The number of alkyl halides is 1. The van der Waals surface area contributed by atoms with Crippen molar-refractivity contribution in [2.24, 2.45) is 5.92 Å². The van der Waals surface area contributed by atoms with Crippen LogP contribution in [0.1, 0.15) is 55.3 Å². The van der Waals surface area contributed by atoms with Gasteiger partial charge in [0, 0.05) is 12.6 Å². The summed E-state index contributed by atoms with van der Waals surface area (Å²) in [5.41, 5.74) is 2.70. The summed E-state index contributed by atoms with van der Waals surface area (Å²) in [5, 5.41) is 3.22. The molecule has 1 atom stereocenters. The van der Waals surface area contributed by atoms with Crippen LogP contribution in [-0.2, 0) is 16.1 Å². The number of amides is 2. The molecule has 2 aromatic rings. The molecular formula is C26H31ClN2O4. The second-order valence-corrected chi connectivity index (χ2v) is 9.39. The van der Waals surface area contributed by atoms with Gasteiger partial charge in [0.25, 0.3) is 0 Å². The van der Waals surface area contributed by atoms with E-state index in [1.165, 1.54) is 0 Å². The fourth-order valence-electron chi connectivity index (χ4n) is 4.54. The molecule has 1 saturated carbocycles. The summed E-state index contributed by atoms with van der Waals surface area (Å²) in [6.07, 6.45) is 4.11. The summed E-state index contributed by atoms with van der Waals surface area (Å²) in [7, 11) is 0. The van der Waals surface area contributed by atoms with E-state index in [1.54, 1.807) is 4.90 Å². The smallest absolute Gasteiger partial charge is 0.247 e. The van der Waals surface area contributed by atoms with Crippen molar-refractivity contribution in [3.05, 3.63) is 59.2 Å². The number of nitrogens with zero attached hydrogens (tertiary/aromatic N) is 1. The fourth-order valence-corrected chi connectivity index (χ4v) is 4.70. The number of carbonyl (C=O) groups excluding carboxylic acids is 2. The van der Waals surface area contributed by atoms with E-state index in [0.29, 0.717) is 17.4 Å². The zero-order valence-electron chi connectivity index (χ0n) is 19.2. The van der Waals surface area contributed by atoms with Crippen LogP contribution in [0.15, 0.2) is 42.5 Å². The Morgan fingerprint density at radius 2 is 1.76 bits per heavy atom. The lowest BCUT2D eigenvalue weighted by Gasteiger charge is -2.34. The quantitative estimate of drug-likeness (QED) is 0.594. The van der Waals surface area contributed by atoms with Gasteiger partial charge in [0.05, 0.1) is 0 Å². The Morgan fingerprint density at radius 3 is 2.45 bits per heavy atom. The molecular weight excluding hydrogens is 440 g/mol. The van der Waals surface area contributed by atoms with Crippen LogP contribution < -0.4 is 14.8 Å². The van der Waals surface area contributed by atoms with Crippen molar-refractivity contribution in [2.45, 2.75) is 58.2 Å². The van der Waals surface area contributed by atoms with Crippen molar-refractivity contribution in [1.29, 1.82) is 0 Å². The van der Waals surface area contributed by atoms with Crippen molar-refractivity contribution in [1.82, 2.24) is 10.2 Å². The highest BCUT2D eigenvalue weighted by Gasteiger charge is 2.33. The molecule has 6 nitrogen and oxygen atoms in total. The molecule has 1 heterocycles. The Balaban J connectivity index is 1.63. The van der Waals surface area contributed by atoms with Crippen LogP contribution in [0.3, 0.4) is 0 Å². The van der Waals surface area contributed by atoms with Gasteiger partial charge in [-0.25, -0.2) is 0 Å². The number of halogens is 1. The van der Waals surface area contributed by atoms with E-state index >= 15 is 0 Å². The first-order valence-electron chi connectivity index (χ1n) is 11.6. The maximum atomic E-state index is 13.6. The molecule has 2 aliphatic rings. The molecule has 1 fully saturated rings. The van der Waals surface area contributed by atoms with Gasteiger partial charge in [0.2, 0.25) is 18.6 Å². The molecule has 0 bridgehead atoms. The van der Waals surface area contributed by atoms with E-state index in [-0.39, 0.29) is 37.1 Å². The Kier molecular flexibility index (Phi) is 7.43. The normalized spacial score (nSPS) is 20.2. The molecule has 7 heteroatoms. The number of ether oxygens (including phenoxy) is 2. The third-order valence-electron chi connectivity index (χ3n) is 6.54. The molecule has 1 aliphatic heterocycles. The Morgan fingerprint density at radius 1 is 1.06 bits per heavy atom. The van der Waals surface area contributed by atoms with Gasteiger partial charge in [-0.3, -0.25) is 9.59 Å². The molecule has 2 aromatic carbocycles. The van der Waals surface area contributed by atoms with E-state index in [4.69, 9.17) is 21.1 Å². The molecule has 0 radical (unpaired) electrons. The highest BCUT2D eigenvalue weighted by atomic mass is 35.5. The average Bonchev–Trinajstić information content (AvgIpc) is 3.29. The van der Waals surface area contributed by atoms with Crippen molar-refractivity contribution in [3.63, 3.8) is 0 Å².